The maximum absolute atomic E-state index is 14.3. The molecule has 0 bridgehead atoms. The summed E-state index contributed by atoms with van der Waals surface area (Å²) in [5, 5.41) is 3.51. The molecule has 11 heteroatoms. The number of ether oxygens (including phenoxy) is 1. The van der Waals surface area contributed by atoms with Gasteiger partial charge >= 0.3 is 0 Å². The number of benzene rings is 3. The fourth-order valence-corrected chi connectivity index (χ4v) is 6.42. The molecule has 0 aliphatic rings. The molecule has 8 nitrogen and oxygen atoms in total. The maximum atomic E-state index is 14.3. The van der Waals surface area contributed by atoms with Gasteiger partial charge in [-0.1, -0.05) is 66.9 Å². The van der Waals surface area contributed by atoms with E-state index < -0.39 is 28.5 Å². The van der Waals surface area contributed by atoms with Crippen molar-refractivity contribution in [1.82, 2.24) is 10.2 Å². The van der Waals surface area contributed by atoms with Crippen LogP contribution in [0.1, 0.15) is 43.4 Å². The second-order valence-electron chi connectivity index (χ2n) is 9.94. The van der Waals surface area contributed by atoms with Gasteiger partial charge < -0.3 is 15.0 Å². The molecule has 3 aromatic carbocycles. The molecule has 0 spiro atoms. The molecule has 0 aromatic heterocycles. The number of sulfonamides is 1. The highest BCUT2D eigenvalue weighted by atomic mass is 35.5. The molecule has 1 N–H and O–H groups in total. The Morgan fingerprint density at radius 2 is 1.57 bits per heavy atom. The van der Waals surface area contributed by atoms with E-state index in [2.05, 4.69) is 5.32 Å². The third-order valence-electron chi connectivity index (χ3n) is 6.82. The number of nitrogens with one attached hydrogen (secondary N) is 1. The molecule has 0 heterocycles. The average Bonchev–Trinajstić information content (AvgIpc) is 2.96. The minimum Gasteiger partial charge on any atom is -0.495 e. The second kappa shape index (κ2) is 14.8. The largest absolute Gasteiger partial charge is 0.495 e. The molecule has 1 unspecified atom stereocenters. The van der Waals surface area contributed by atoms with Crippen LogP contribution in [0.2, 0.25) is 10.0 Å². The van der Waals surface area contributed by atoms with Crippen LogP contribution in [0.4, 0.5) is 5.69 Å². The second-order valence-corrected chi connectivity index (χ2v) is 12.6. The maximum Gasteiger partial charge on any atom is 0.264 e. The van der Waals surface area contributed by atoms with Gasteiger partial charge in [0.1, 0.15) is 18.3 Å². The third-order valence-corrected chi connectivity index (χ3v) is 9.30. The lowest BCUT2D eigenvalue weighted by Gasteiger charge is -2.34. The first-order valence-corrected chi connectivity index (χ1v) is 15.9. The van der Waals surface area contributed by atoms with Crippen molar-refractivity contribution in [2.45, 2.75) is 58.0 Å². The molecule has 0 aliphatic carbocycles. The highest BCUT2D eigenvalue weighted by molar-refractivity contribution is 7.92. The lowest BCUT2D eigenvalue weighted by Crippen LogP contribution is -2.52. The standard InChI is InChI=1S/C31H37Cl2N3O5S/c1-6-17-34-31(38)27(7-2)35(19-24-25(32)9-8-10-26(24)33)30(37)20-36(28-18-22(4)13-16-29(28)41-5)42(39,40)23-14-11-21(3)12-15-23/h8-16,18,27H,6-7,17,19-20H2,1-5H3,(H,34,38). The van der Waals surface area contributed by atoms with Gasteiger partial charge in [-0.3, -0.25) is 13.9 Å². The molecule has 0 saturated heterocycles. The van der Waals surface area contributed by atoms with E-state index in [-0.39, 0.29) is 35.2 Å². The minimum absolute atomic E-state index is 0.0119. The minimum atomic E-state index is -4.25. The van der Waals surface area contributed by atoms with E-state index in [9.17, 15) is 18.0 Å². The molecule has 1 atom stereocenters. The summed E-state index contributed by atoms with van der Waals surface area (Å²) in [5.41, 5.74) is 2.31. The van der Waals surface area contributed by atoms with Crippen molar-refractivity contribution in [3.63, 3.8) is 0 Å². The summed E-state index contributed by atoms with van der Waals surface area (Å²) in [7, 11) is -2.82. The van der Waals surface area contributed by atoms with E-state index in [1.54, 1.807) is 55.5 Å². The Labute approximate surface area is 258 Å². The van der Waals surface area contributed by atoms with Crippen molar-refractivity contribution in [3.8, 4) is 5.75 Å². The zero-order chi connectivity index (χ0) is 31.0. The van der Waals surface area contributed by atoms with Crippen LogP contribution in [0, 0.1) is 13.8 Å². The number of methoxy groups -OCH3 is 1. The molecule has 226 valence electrons. The first kappa shape index (κ1) is 33.2. The Bertz CT molecular complexity index is 1490. The monoisotopic (exact) mass is 633 g/mol. The van der Waals surface area contributed by atoms with Gasteiger partial charge in [0, 0.05) is 28.7 Å². The fraction of sp³-hybridized carbons (Fsp3) is 0.355. The first-order chi connectivity index (χ1) is 19.9. The van der Waals surface area contributed by atoms with Crippen molar-refractivity contribution in [2.24, 2.45) is 0 Å². The molecule has 0 radical (unpaired) electrons. The molecule has 0 fully saturated rings. The summed E-state index contributed by atoms with van der Waals surface area (Å²) >= 11 is 12.9. The topological polar surface area (TPSA) is 96.0 Å². The number of rotatable bonds is 13. The predicted molar refractivity (Wildman–Crippen MR) is 168 cm³/mol. The van der Waals surface area contributed by atoms with Gasteiger partial charge in [-0.25, -0.2) is 8.42 Å². The van der Waals surface area contributed by atoms with Gasteiger partial charge in [0.05, 0.1) is 17.7 Å². The van der Waals surface area contributed by atoms with E-state index in [0.29, 0.717) is 28.6 Å². The molecule has 0 aliphatic heterocycles. The normalized spacial score (nSPS) is 12.0. The van der Waals surface area contributed by atoms with Crippen LogP contribution in [0.5, 0.6) is 5.75 Å². The van der Waals surface area contributed by atoms with Crippen LogP contribution in [-0.2, 0) is 26.2 Å². The van der Waals surface area contributed by atoms with Crippen LogP contribution < -0.4 is 14.4 Å². The predicted octanol–water partition coefficient (Wildman–Crippen LogP) is 6.15. The summed E-state index contributed by atoms with van der Waals surface area (Å²) < 4.78 is 34.8. The summed E-state index contributed by atoms with van der Waals surface area (Å²) in [6, 6.07) is 15.6. The highest BCUT2D eigenvalue weighted by Gasteiger charge is 2.35. The average molecular weight is 635 g/mol. The number of halogens is 2. The van der Waals surface area contributed by atoms with Crippen molar-refractivity contribution in [1.29, 1.82) is 0 Å². The lowest BCUT2D eigenvalue weighted by atomic mass is 10.1. The van der Waals surface area contributed by atoms with Crippen molar-refractivity contribution in [3.05, 3.63) is 87.4 Å². The van der Waals surface area contributed by atoms with E-state index in [1.165, 1.54) is 24.1 Å². The highest BCUT2D eigenvalue weighted by Crippen LogP contribution is 2.34. The van der Waals surface area contributed by atoms with Crippen LogP contribution >= 0.6 is 23.2 Å². The number of aryl methyl sites for hydroxylation is 2. The number of hydrogen-bond donors (Lipinski definition) is 1. The summed E-state index contributed by atoms with van der Waals surface area (Å²) in [6.07, 6.45) is 0.990. The third kappa shape index (κ3) is 7.76. The van der Waals surface area contributed by atoms with E-state index in [0.717, 1.165) is 15.4 Å². The van der Waals surface area contributed by atoms with E-state index in [1.807, 2.05) is 20.8 Å². The smallest absolute Gasteiger partial charge is 0.264 e. The number of carbonyl (C=O) groups is 2. The fourth-order valence-electron chi connectivity index (χ4n) is 4.48. The molecule has 3 aromatic rings. The Balaban J connectivity index is 2.16. The number of anilines is 1. The zero-order valence-corrected chi connectivity index (χ0v) is 26.8. The van der Waals surface area contributed by atoms with Gasteiger partial charge in [-0.05, 0) is 68.7 Å². The quantitative estimate of drug-likeness (QED) is 0.244. The SMILES string of the molecule is CCCNC(=O)C(CC)N(Cc1c(Cl)cccc1Cl)C(=O)CN(c1cc(C)ccc1OC)S(=O)(=O)c1ccc(C)cc1. The molecule has 2 amide bonds. The van der Waals surface area contributed by atoms with Crippen LogP contribution in [0.15, 0.2) is 65.6 Å². The van der Waals surface area contributed by atoms with Gasteiger partial charge in [0.25, 0.3) is 10.0 Å². The number of carbonyl (C=O) groups excluding carboxylic acids is 2. The lowest BCUT2D eigenvalue weighted by molar-refractivity contribution is -0.140. The summed E-state index contributed by atoms with van der Waals surface area (Å²) in [5.74, 6) is -0.682. The van der Waals surface area contributed by atoms with Crippen molar-refractivity contribution < 1.29 is 22.7 Å². The Morgan fingerprint density at radius 1 is 0.952 bits per heavy atom. The van der Waals surface area contributed by atoms with Gasteiger partial charge in [0.2, 0.25) is 11.8 Å². The Morgan fingerprint density at radius 3 is 2.14 bits per heavy atom. The van der Waals surface area contributed by atoms with Crippen LogP contribution in [-0.4, -0.2) is 51.4 Å². The van der Waals surface area contributed by atoms with Gasteiger partial charge in [-0.15, -0.1) is 0 Å². The summed E-state index contributed by atoms with van der Waals surface area (Å²) in [4.78, 5) is 28.9. The van der Waals surface area contributed by atoms with Crippen LogP contribution in [0.3, 0.4) is 0 Å². The van der Waals surface area contributed by atoms with Gasteiger partial charge in [0.15, 0.2) is 0 Å². The van der Waals surface area contributed by atoms with Gasteiger partial charge in [-0.2, -0.15) is 0 Å². The Kier molecular flexibility index (Phi) is 11.7. The van der Waals surface area contributed by atoms with Crippen molar-refractivity contribution in [2.75, 3.05) is 24.5 Å². The van der Waals surface area contributed by atoms with Crippen LogP contribution in [0.25, 0.3) is 0 Å². The molecular formula is C31H37Cl2N3O5S. The van der Waals surface area contributed by atoms with E-state index >= 15 is 0 Å². The van der Waals surface area contributed by atoms with Crippen molar-refractivity contribution >= 4 is 50.7 Å². The Hall–Kier alpha value is -3.27. The van der Waals surface area contributed by atoms with E-state index in [4.69, 9.17) is 27.9 Å². The number of hydrogen-bond acceptors (Lipinski definition) is 5. The number of amides is 2. The molecular weight excluding hydrogens is 597 g/mol. The number of nitrogens with zero attached hydrogens (tertiary/aromatic N) is 2. The molecule has 42 heavy (non-hydrogen) atoms. The first-order valence-electron chi connectivity index (χ1n) is 13.7. The molecule has 0 saturated carbocycles. The zero-order valence-electron chi connectivity index (χ0n) is 24.5. The molecule has 3 rings (SSSR count). The summed E-state index contributed by atoms with van der Waals surface area (Å²) in [6.45, 7) is 7.12.